The minimum atomic E-state index is -0.750. The van der Waals surface area contributed by atoms with Crippen LogP contribution in [-0.4, -0.2) is 4.30 Å². The lowest BCUT2D eigenvalue weighted by Crippen LogP contribution is -1.55. The first kappa shape index (κ1) is 10.2. The zero-order valence-corrected chi connectivity index (χ0v) is 5.37. The predicted molar refractivity (Wildman–Crippen MR) is 30.8 cm³/mol. The number of hydrogen-bond donors (Lipinski definition) is 1. The number of nitrogens with zero attached hydrogens (tertiary/aromatic N) is 2. The molecule has 7 heavy (non-hydrogen) atoms. The van der Waals surface area contributed by atoms with Gasteiger partial charge < -0.3 is 0 Å². The van der Waals surface area contributed by atoms with Crippen LogP contribution in [0.15, 0.2) is 0 Å². The van der Waals surface area contributed by atoms with E-state index in [-0.39, 0.29) is 0 Å². The third-order valence-corrected chi connectivity index (χ3v) is 0. The molecule has 0 saturated carbocycles. The molecular formula is CH2Cl3N3. The van der Waals surface area contributed by atoms with Crippen LogP contribution in [0.1, 0.15) is 0 Å². The van der Waals surface area contributed by atoms with Crippen molar-refractivity contribution in [3.05, 3.63) is 10.4 Å². The fraction of sp³-hybridized carbons (Fsp3) is 1.00. The number of rotatable bonds is 0. The van der Waals surface area contributed by atoms with Crippen LogP contribution < -0.4 is 0 Å². The molecule has 0 bridgehead atoms. The third-order valence-electron chi connectivity index (χ3n) is 0. The summed E-state index contributed by atoms with van der Waals surface area (Å²) in [6.45, 7) is 0. The Labute approximate surface area is 55.6 Å². The van der Waals surface area contributed by atoms with E-state index in [2.05, 4.69) is 0 Å². The maximum absolute atomic E-state index is 6.86. The highest BCUT2D eigenvalue weighted by molar-refractivity contribution is 6.63. The normalized spacial score (nSPS) is 6.29. The molecule has 0 amide bonds. The molecule has 0 fully saturated rings. The molecular weight excluding hydrogens is 160 g/mol. The van der Waals surface area contributed by atoms with Crippen LogP contribution in [0.5, 0.6) is 0 Å². The second-order valence-electron chi connectivity index (χ2n) is 0.347. The van der Waals surface area contributed by atoms with Gasteiger partial charge in [-0.2, -0.15) is 0 Å². The summed E-state index contributed by atoms with van der Waals surface area (Å²) in [5, 5.41) is 0. The lowest BCUT2D eigenvalue weighted by molar-refractivity contribution is 1.45. The molecule has 6 heteroatoms. The summed E-state index contributed by atoms with van der Waals surface area (Å²) in [4.78, 5) is 1.75. The molecule has 0 aromatic carbocycles. The number of halogens is 3. The maximum atomic E-state index is 6.86. The fourth-order valence-electron chi connectivity index (χ4n) is 0. The van der Waals surface area contributed by atoms with Crippen molar-refractivity contribution in [2.75, 3.05) is 0 Å². The van der Waals surface area contributed by atoms with Crippen LogP contribution in [0.3, 0.4) is 0 Å². The Hall–Kier alpha value is 0.180. The van der Waals surface area contributed by atoms with Gasteiger partial charge >= 0.3 is 0 Å². The second-order valence-corrected chi connectivity index (χ2v) is 2.33. The molecule has 0 radical (unpaired) electrons. The van der Waals surface area contributed by atoms with Crippen LogP contribution in [0.4, 0.5) is 0 Å². The average molecular weight is 162 g/mol. The molecule has 0 rings (SSSR count). The van der Waals surface area contributed by atoms with E-state index in [4.69, 9.17) is 45.9 Å². The van der Waals surface area contributed by atoms with Gasteiger partial charge in [0.05, 0.1) is 0 Å². The van der Waals surface area contributed by atoms with Gasteiger partial charge in [0, 0.05) is 0 Å². The molecule has 0 aliphatic heterocycles. The minimum absolute atomic E-state index is 0.750. The molecule has 0 atom stereocenters. The highest BCUT2D eigenvalue weighted by Gasteiger charge is 1.78. The zero-order valence-electron chi connectivity index (χ0n) is 3.11. The molecule has 3 nitrogen and oxygen atoms in total. The van der Waals surface area contributed by atoms with E-state index in [1.54, 1.807) is 4.91 Å². The largest absolute Gasteiger partial charge is 0.180 e. The maximum Gasteiger partial charge on any atom is 0.180 e. The molecule has 42 valence electrons. The SMILES string of the molecule is ClC(Cl)Cl.[N-]=[N+]=N. The molecule has 0 unspecified atom stereocenters. The minimum Gasteiger partial charge on any atom is -0.108 e. The van der Waals surface area contributed by atoms with E-state index >= 15 is 0 Å². The summed E-state index contributed by atoms with van der Waals surface area (Å²) in [5.41, 5.74) is 12.2. The van der Waals surface area contributed by atoms with E-state index in [9.17, 15) is 0 Å². The van der Waals surface area contributed by atoms with Gasteiger partial charge in [-0.1, -0.05) is 34.8 Å². The highest BCUT2D eigenvalue weighted by Crippen LogP contribution is 2.03. The molecule has 0 aromatic rings. The van der Waals surface area contributed by atoms with E-state index in [0.717, 1.165) is 0 Å². The molecule has 0 heterocycles. The van der Waals surface area contributed by atoms with Crippen LogP contribution in [-0.2, 0) is 0 Å². The van der Waals surface area contributed by atoms with Crippen molar-refractivity contribution < 1.29 is 0 Å². The second kappa shape index (κ2) is 9.49. The van der Waals surface area contributed by atoms with Crippen molar-refractivity contribution in [1.29, 1.82) is 5.53 Å². The number of nitrogens with one attached hydrogen (secondary N) is 1. The Balaban J connectivity index is 0. The van der Waals surface area contributed by atoms with Crippen molar-refractivity contribution in [2.24, 2.45) is 0 Å². The Kier molecular flexibility index (Phi) is 13.9. The Morgan fingerprint density at radius 2 is 1.43 bits per heavy atom. The predicted octanol–water partition coefficient (Wildman–Crippen LogP) is 2.86. The molecule has 0 spiro atoms. The van der Waals surface area contributed by atoms with Gasteiger partial charge in [-0.15, -0.1) is 5.53 Å². The lowest BCUT2D eigenvalue weighted by atomic mass is 11.9. The van der Waals surface area contributed by atoms with Crippen LogP contribution >= 0.6 is 34.8 Å². The Bertz CT molecular complexity index is 52.4. The zero-order chi connectivity index (χ0) is 6.28. The van der Waals surface area contributed by atoms with Gasteiger partial charge in [0.15, 0.2) is 4.30 Å². The van der Waals surface area contributed by atoms with Gasteiger partial charge in [0.2, 0.25) is 0 Å². The summed E-state index contributed by atoms with van der Waals surface area (Å²) in [6, 6.07) is 0. The molecule has 0 aliphatic rings. The van der Waals surface area contributed by atoms with Crippen LogP contribution in [0.25, 0.3) is 10.4 Å². The van der Waals surface area contributed by atoms with Crippen molar-refractivity contribution in [3.63, 3.8) is 0 Å². The van der Waals surface area contributed by atoms with E-state index in [1.165, 1.54) is 0 Å². The Morgan fingerprint density at radius 1 is 1.43 bits per heavy atom. The van der Waals surface area contributed by atoms with Crippen molar-refractivity contribution in [3.8, 4) is 0 Å². The average Bonchev–Trinajstić information content (AvgIpc) is 1.33. The first-order chi connectivity index (χ1) is 3.15. The van der Waals surface area contributed by atoms with Crippen LogP contribution in [0, 0.1) is 5.53 Å². The highest BCUT2D eigenvalue weighted by atomic mass is 35.6. The summed E-state index contributed by atoms with van der Waals surface area (Å²) >= 11 is 14.4. The molecule has 0 aliphatic carbocycles. The van der Waals surface area contributed by atoms with Crippen molar-refractivity contribution >= 4 is 34.8 Å². The van der Waals surface area contributed by atoms with Crippen molar-refractivity contribution in [1.82, 2.24) is 0 Å². The third kappa shape index (κ3) is 3330. The quantitative estimate of drug-likeness (QED) is 0.246. The van der Waals surface area contributed by atoms with E-state index < -0.39 is 4.30 Å². The standard InChI is InChI=1S/CHCl3.HN3/c2-1(3)4;1-3-2/h1H;1H. The molecule has 0 aromatic heterocycles. The van der Waals surface area contributed by atoms with Gasteiger partial charge in [-0.05, 0) is 10.4 Å². The van der Waals surface area contributed by atoms with E-state index in [1.807, 2.05) is 0 Å². The van der Waals surface area contributed by atoms with E-state index in [0.29, 0.717) is 0 Å². The first-order valence-corrected chi connectivity index (χ1v) is 2.39. The molecule has 0 saturated heterocycles. The monoisotopic (exact) mass is 161 g/mol. The first-order valence-electron chi connectivity index (χ1n) is 1.08. The number of hydrogen-bond acceptors (Lipinski definition) is 1. The van der Waals surface area contributed by atoms with Gasteiger partial charge in [-0.3, -0.25) is 0 Å². The Morgan fingerprint density at radius 3 is 1.43 bits per heavy atom. The topological polar surface area (TPSA) is 60.3 Å². The lowest BCUT2D eigenvalue weighted by Gasteiger charge is -1.69. The summed E-state index contributed by atoms with van der Waals surface area (Å²) in [6.07, 6.45) is 0. The fourth-order valence-corrected chi connectivity index (χ4v) is 0. The van der Waals surface area contributed by atoms with Crippen molar-refractivity contribution in [2.45, 2.75) is 4.30 Å². The summed E-state index contributed by atoms with van der Waals surface area (Å²) < 4.78 is -0.750. The molecule has 1 N–H and O–H groups in total. The number of alkyl halides is 3. The van der Waals surface area contributed by atoms with Crippen LogP contribution in [0.2, 0.25) is 0 Å². The van der Waals surface area contributed by atoms with Gasteiger partial charge in [-0.25, -0.2) is 0 Å². The summed E-state index contributed by atoms with van der Waals surface area (Å²) in [5.74, 6) is 0. The summed E-state index contributed by atoms with van der Waals surface area (Å²) in [7, 11) is 0. The van der Waals surface area contributed by atoms with Gasteiger partial charge in [0.1, 0.15) is 0 Å². The smallest absolute Gasteiger partial charge is 0.108 e. The van der Waals surface area contributed by atoms with Gasteiger partial charge in [0.25, 0.3) is 0 Å².